The summed E-state index contributed by atoms with van der Waals surface area (Å²) in [5.41, 5.74) is 8.08. The van der Waals surface area contributed by atoms with Crippen molar-refractivity contribution in [2.45, 2.75) is 37.4 Å². The van der Waals surface area contributed by atoms with Crippen molar-refractivity contribution in [1.29, 1.82) is 0 Å². The van der Waals surface area contributed by atoms with Crippen LogP contribution in [0.1, 0.15) is 24.6 Å². The quantitative estimate of drug-likeness (QED) is 0.446. The van der Waals surface area contributed by atoms with Crippen molar-refractivity contribution in [1.82, 2.24) is 19.5 Å². The Labute approximate surface area is 173 Å². The SMILES string of the molecule is C[C@H](CN(C)c1nc(N)c2ncn([C@@H]3O[C@H](CO)[C@@H](O)[C@H]3O)c2n1)c1ccccc1. The molecule has 1 aromatic carbocycles. The molecule has 5 N–H and O–H groups in total. The lowest BCUT2D eigenvalue weighted by Crippen LogP contribution is -2.33. The third-order valence-electron chi connectivity index (χ3n) is 5.49. The van der Waals surface area contributed by atoms with Gasteiger partial charge in [0.2, 0.25) is 5.95 Å². The first-order valence-electron chi connectivity index (χ1n) is 9.79. The molecule has 0 aliphatic carbocycles. The predicted molar refractivity (Wildman–Crippen MR) is 111 cm³/mol. The molecular weight excluding hydrogens is 388 g/mol. The summed E-state index contributed by atoms with van der Waals surface area (Å²) >= 11 is 0. The maximum Gasteiger partial charge on any atom is 0.229 e. The number of nitrogen functional groups attached to an aromatic ring is 1. The van der Waals surface area contributed by atoms with Gasteiger partial charge in [-0.2, -0.15) is 9.97 Å². The number of rotatable bonds is 6. The molecule has 160 valence electrons. The van der Waals surface area contributed by atoms with E-state index in [4.69, 9.17) is 10.5 Å². The minimum absolute atomic E-state index is 0.208. The fourth-order valence-electron chi connectivity index (χ4n) is 3.77. The minimum Gasteiger partial charge on any atom is -0.394 e. The molecule has 5 atom stereocenters. The molecule has 0 amide bonds. The minimum atomic E-state index is -1.24. The van der Waals surface area contributed by atoms with E-state index in [9.17, 15) is 15.3 Å². The van der Waals surface area contributed by atoms with Gasteiger partial charge >= 0.3 is 0 Å². The molecule has 0 unspecified atom stereocenters. The standard InChI is InChI=1S/C20H26N6O4/c1-11(12-6-4-3-5-7-12)8-25(2)20-23-17(21)14-18(24-20)26(10-22-14)19-16(29)15(28)13(9-27)30-19/h3-7,10-11,13,15-16,19,27-29H,8-9H2,1-2H3,(H2,21,23,24)/t11-,13-,15-,16-,19-/m1/s1. The lowest BCUT2D eigenvalue weighted by atomic mass is 10.0. The van der Waals surface area contributed by atoms with Gasteiger partial charge in [-0.25, -0.2) is 4.98 Å². The number of nitrogens with zero attached hydrogens (tertiary/aromatic N) is 5. The van der Waals surface area contributed by atoms with Gasteiger partial charge in [-0.3, -0.25) is 4.57 Å². The van der Waals surface area contributed by atoms with E-state index in [0.717, 1.165) is 0 Å². The maximum atomic E-state index is 10.4. The molecule has 10 nitrogen and oxygen atoms in total. The van der Waals surface area contributed by atoms with Crippen LogP contribution in [-0.2, 0) is 4.74 Å². The number of aliphatic hydroxyl groups is 3. The van der Waals surface area contributed by atoms with E-state index in [1.165, 1.54) is 16.5 Å². The first-order valence-corrected chi connectivity index (χ1v) is 9.79. The summed E-state index contributed by atoms with van der Waals surface area (Å²) in [6, 6.07) is 10.1. The van der Waals surface area contributed by atoms with Crippen LogP contribution in [0.15, 0.2) is 36.7 Å². The monoisotopic (exact) mass is 414 g/mol. The summed E-state index contributed by atoms with van der Waals surface area (Å²) in [6.07, 6.45) is -2.86. The van der Waals surface area contributed by atoms with Gasteiger partial charge in [0.1, 0.15) is 23.8 Å². The van der Waals surface area contributed by atoms with Crippen molar-refractivity contribution in [3.8, 4) is 0 Å². The molecule has 1 saturated heterocycles. The van der Waals surface area contributed by atoms with Crippen LogP contribution in [0.4, 0.5) is 11.8 Å². The number of nitrogens with two attached hydrogens (primary N) is 1. The Morgan fingerprint density at radius 3 is 2.60 bits per heavy atom. The summed E-state index contributed by atoms with van der Waals surface area (Å²) in [7, 11) is 1.88. The molecule has 10 heteroatoms. The van der Waals surface area contributed by atoms with E-state index in [2.05, 4.69) is 34.0 Å². The number of aromatic nitrogens is 4. The second kappa shape index (κ2) is 8.15. The Bertz CT molecular complexity index is 1010. The van der Waals surface area contributed by atoms with Crippen LogP contribution in [-0.4, -0.2) is 73.3 Å². The van der Waals surface area contributed by atoms with Gasteiger partial charge < -0.3 is 30.7 Å². The van der Waals surface area contributed by atoms with Crippen LogP contribution in [0.5, 0.6) is 0 Å². The molecule has 2 aromatic heterocycles. The Hall–Kier alpha value is -2.79. The van der Waals surface area contributed by atoms with Crippen LogP contribution in [0.3, 0.4) is 0 Å². The van der Waals surface area contributed by atoms with Crippen molar-refractivity contribution >= 4 is 22.9 Å². The van der Waals surface area contributed by atoms with E-state index in [-0.39, 0.29) is 11.7 Å². The third-order valence-corrected chi connectivity index (χ3v) is 5.49. The van der Waals surface area contributed by atoms with Gasteiger partial charge in [0.15, 0.2) is 17.7 Å². The zero-order chi connectivity index (χ0) is 21.4. The van der Waals surface area contributed by atoms with Gasteiger partial charge in [-0.1, -0.05) is 37.3 Å². The third kappa shape index (κ3) is 3.58. The number of benzene rings is 1. The molecule has 4 rings (SSSR count). The first-order chi connectivity index (χ1) is 14.4. The van der Waals surface area contributed by atoms with Gasteiger partial charge in [0.05, 0.1) is 12.9 Å². The predicted octanol–water partition coefficient (Wildman–Crippen LogP) is 0.260. The lowest BCUT2D eigenvalue weighted by Gasteiger charge is -2.22. The van der Waals surface area contributed by atoms with Crippen molar-refractivity contribution in [3.63, 3.8) is 0 Å². The lowest BCUT2D eigenvalue weighted by molar-refractivity contribution is -0.0511. The van der Waals surface area contributed by atoms with Gasteiger partial charge in [0, 0.05) is 13.6 Å². The number of likely N-dealkylation sites (N-methyl/N-ethyl adjacent to an activating group) is 1. The molecule has 30 heavy (non-hydrogen) atoms. The van der Waals surface area contributed by atoms with Crippen molar-refractivity contribution in [3.05, 3.63) is 42.2 Å². The normalized spacial score (nSPS) is 25.0. The van der Waals surface area contributed by atoms with Gasteiger partial charge in [0.25, 0.3) is 0 Å². The second-order valence-corrected chi connectivity index (χ2v) is 7.65. The Balaban J connectivity index is 1.64. The van der Waals surface area contributed by atoms with E-state index < -0.39 is 31.1 Å². The van der Waals surface area contributed by atoms with E-state index in [0.29, 0.717) is 23.7 Å². The molecule has 0 bridgehead atoms. The average Bonchev–Trinajstić information content (AvgIpc) is 3.30. The molecule has 0 spiro atoms. The molecule has 0 radical (unpaired) electrons. The molecular formula is C20H26N6O4. The fraction of sp³-hybridized carbons (Fsp3) is 0.450. The number of anilines is 2. The summed E-state index contributed by atoms with van der Waals surface area (Å²) < 4.78 is 7.12. The van der Waals surface area contributed by atoms with Crippen molar-refractivity contribution in [2.24, 2.45) is 0 Å². The van der Waals surface area contributed by atoms with Crippen LogP contribution < -0.4 is 10.6 Å². The number of ether oxygens (including phenoxy) is 1. The molecule has 1 fully saturated rings. The molecule has 1 aliphatic heterocycles. The molecule has 1 aliphatic rings. The first kappa shape index (κ1) is 20.5. The number of fused-ring (bicyclic) bond motifs is 1. The van der Waals surface area contributed by atoms with Crippen molar-refractivity contribution in [2.75, 3.05) is 30.8 Å². The van der Waals surface area contributed by atoms with Gasteiger partial charge in [-0.15, -0.1) is 0 Å². The zero-order valence-electron chi connectivity index (χ0n) is 16.8. The molecule has 0 saturated carbocycles. The Kier molecular flexibility index (Phi) is 5.56. The smallest absolute Gasteiger partial charge is 0.229 e. The maximum absolute atomic E-state index is 10.4. The van der Waals surface area contributed by atoms with Gasteiger partial charge in [-0.05, 0) is 11.5 Å². The van der Waals surface area contributed by atoms with Crippen LogP contribution in [0.25, 0.3) is 11.2 Å². The Morgan fingerprint density at radius 2 is 1.93 bits per heavy atom. The fourth-order valence-corrected chi connectivity index (χ4v) is 3.77. The highest BCUT2D eigenvalue weighted by Gasteiger charge is 2.44. The summed E-state index contributed by atoms with van der Waals surface area (Å²) in [5.74, 6) is 0.859. The van der Waals surface area contributed by atoms with Crippen LogP contribution >= 0.6 is 0 Å². The number of hydrogen-bond acceptors (Lipinski definition) is 9. The summed E-state index contributed by atoms with van der Waals surface area (Å²) in [4.78, 5) is 15.1. The number of hydrogen-bond donors (Lipinski definition) is 4. The second-order valence-electron chi connectivity index (χ2n) is 7.65. The molecule has 3 heterocycles. The van der Waals surface area contributed by atoms with E-state index >= 15 is 0 Å². The largest absolute Gasteiger partial charge is 0.394 e. The number of aliphatic hydroxyl groups excluding tert-OH is 3. The summed E-state index contributed by atoms with van der Waals surface area (Å²) in [5, 5.41) is 29.8. The molecule has 3 aromatic rings. The van der Waals surface area contributed by atoms with E-state index in [1.54, 1.807) is 0 Å². The van der Waals surface area contributed by atoms with Crippen LogP contribution in [0.2, 0.25) is 0 Å². The van der Waals surface area contributed by atoms with Crippen LogP contribution in [0, 0.1) is 0 Å². The average molecular weight is 414 g/mol. The van der Waals surface area contributed by atoms with Crippen molar-refractivity contribution < 1.29 is 20.1 Å². The van der Waals surface area contributed by atoms with E-state index in [1.807, 2.05) is 30.1 Å². The highest BCUT2D eigenvalue weighted by Crippen LogP contribution is 2.32. The Morgan fingerprint density at radius 1 is 1.20 bits per heavy atom. The topological polar surface area (TPSA) is 143 Å². The zero-order valence-corrected chi connectivity index (χ0v) is 16.8. The highest BCUT2D eigenvalue weighted by molar-refractivity contribution is 5.83. The highest BCUT2D eigenvalue weighted by atomic mass is 16.6. The summed E-state index contributed by atoms with van der Waals surface area (Å²) in [6.45, 7) is 2.37. The number of imidazole rings is 1.